The predicted octanol–water partition coefficient (Wildman–Crippen LogP) is 2.82. The van der Waals surface area contributed by atoms with Gasteiger partial charge in [0.15, 0.2) is 0 Å². The fourth-order valence-electron chi connectivity index (χ4n) is 1.43. The molecular weight excluding hydrogens is 361 g/mol. The molecule has 4 nitrogen and oxygen atoms in total. The first-order chi connectivity index (χ1) is 9.08. The minimum absolute atomic E-state index is 0.136. The molecule has 0 saturated heterocycles. The van der Waals surface area contributed by atoms with E-state index in [2.05, 4.69) is 26.0 Å². The Morgan fingerprint density at radius 3 is 2.45 bits per heavy atom. The molecule has 0 heterocycles. The summed E-state index contributed by atoms with van der Waals surface area (Å²) < 4.78 is 64.1. The lowest BCUT2D eigenvalue weighted by Gasteiger charge is -2.16. The van der Waals surface area contributed by atoms with Crippen molar-refractivity contribution < 1.29 is 21.6 Å². The minimum Gasteiger partial charge on any atom is -0.318 e. The molecule has 1 aromatic carbocycles. The van der Waals surface area contributed by atoms with Gasteiger partial charge in [-0.15, -0.1) is 0 Å². The van der Waals surface area contributed by atoms with Crippen molar-refractivity contribution in [2.24, 2.45) is 0 Å². The highest BCUT2D eigenvalue weighted by atomic mass is 79.9. The highest BCUT2D eigenvalue weighted by Crippen LogP contribution is 2.34. The van der Waals surface area contributed by atoms with Gasteiger partial charge in [-0.25, -0.2) is 8.42 Å². The summed E-state index contributed by atoms with van der Waals surface area (Å²) in [7, 11) is -2.18. The van der Waals surface area contributed by atoms with Crippen molar-refractivity contribution >= 4 is 31.6 Å². The Kier molecular flexibility index (Phi) is 5.45. The molecule has 0 spiro atoms. The monoisotopic (exact) mass is 374 g/mol. The number of hydrogen-bond acceptors (Lipinski definition) is 3. The largest absolute Gasteiger partial charge is 0.416 e. The first-order valence-electron chi connectivity index (χ1n) is 5.61. The van der Waals surface area contributed by atoms with Gasteiger partial charge in [-0.05, 0) is 48.1 Å². The van der Waals surface area contributed by atoms with Crippen molar-refractivity contribution in [3.05, 3.63) is 28.2 Å². The van der Waals surface area contributed by atoms with Gasteiger partial charge >= 0.3 is 6.18 Å². The van der Waals surface area contributed by atoms with Crippen LogP contribution >= 0.6 is 15.9 Å². The van der Waals surface area contributed by atoms with Crippen molar-refractivity contribution in [2.45, 2.75) is 18.3 Å². The van der Waals surface area contributed by atoms with Crippen LogP contribution in [0.4, 0.5) is 18.9 Å². The maximum absolute atomic E-state index is 12.6. The third-order valence-electron chi connectivity index (χ3n) is 2.57. The van der Waals surface area contributed by atoms with Gasteiger partial charge < -0.3 is 5.32 Å². The van der Waals surface area contributed by atoms with Gasteiger partial charge in [-0.3, -0.25) is 4.72 Å². The van der Waals surface area contributed by atoms with Crippen LogP contribution in [0.5, 0.6) is 0 Å². The van der Waals surface area contributed by atoms with Crippen LogP contribution in [0.3, 0.4) is 0 Å². The van der Waals surface area contributed by atoms with Gasteiger partial charge in [0.2, 0.25) is 10.0 Å². The third kappa shape index (κ3) is 4.35. The molecule has 0 aliphatic heterocycles. The van der Waals surface area contributed by atoms with E-state index >= 15 is 0 Å². The van der Waals surface area contributed by atoms with Crippen molar-refractivity contribution in [3.63, 3.8) is 0 Å². The van der Waals surface area contributed by atoms with Crippen LogP contribution < -0.4 is 10.0 Å². The van der Waals surface area contributed by atoms with E-state index in [1.54, 1.807) is 7.05 Å². The number of alkyl halides is 3. The van der Waals surface area contributed by atoms with Crippen molar-refractivity contribution in [3.8, 4) is 0 Å². The zero-order valence-electron chi connectivity index (χ0n) is 10.8. The zero-order chi connectivity index (χ0) is 15.6. The second kappa shape index (κ2) is 6.31. The van der Waals surface area contributed by atoms with Crippen LogP contribution in [0, 0.1) is 0 Å². The Labute approximate surface area is 123 Å². The maximum Gasteiger partial charge on any atom is 0.416 e. The average Bonchev–Trinajstić information content (AvgIpc) is 2.30. The molecule has 20 heavy (non-hydrogen) atoms. The van der Waals surface area contributed by atoms with Crippen LogP contribution in [0.2, 0.25) is 0 Å². The van der Waals surface area contributed by atoms with E-state index < -0.39 is 27.0 Å². The van der Waals surface area contributed by atoms with E-state index in [0.29, 0.717) is 0 Å². The molecule has 0 fully saturated rings. The second-order valence-corrected chi connectivity index (χ2v) is 7.16. The van der Waals surface area contributed by atoms with Crippen LogP contribution in [-0.4, -0.2) is 27.3 Å². The number of sulfonamides is 1. The molecule has 0 amide bonds. The molecule has 1 atom stereocenters. The average molecular weight is 375 g/mol. The van der Waals surface area contributed by atoms with Crippen LogP contribution in [0.1, 0.15) is 12.5 Å². The Morgan fingerprint density at radius 1 is 1.35 bits per heavy atom. The molecule has 0 aliphatic rings. The van der Waals surface area contributed by atoms with Gasteiger partial charge in [-0.2, -0.15) is 13.2 Å². The summed E-state index contributed by atoms with van der Waals surface area (Å²) in [6.45, 7) is 1.65. The zero-order valence-corrected chi connectivity index (χ0v) is 13.2. The van der Waals surface area contributed by atoms with Gasteiger partial charge in [-0.1, -0.05) is 0 Å². The van der Waals surface area contributed by atoms with Crippen LogP contribution in [0.15, 0.2) is 22.7 Å². The number of hydrogen-bond donors (Lipinski definition) is 2. The van der Waals surface area contributed by atoms with E-state index in [9.17, 15) is 21.6 Å². The minimum atomic E-state index is -4.53. The highest BCUT2D eigenvalue weighted by molar-refractivity contribution is 9.10. The quantitative estimate of drug-likeness (QED) is 0.832. The number of benzene rings is 1. The molecule has 0 saturated carbocycles. The summed E-state index contributed by atoms with van der Waals surface area (Å²) in [6.07, 6.45) is -4.53. The van der Waals surface area contributed by atoms with Crippen molar-refractivity contribution in [2.75, 3.05) is 18.3 Å². The number of rotatable bonds is 5. The lowest BCUT2D eigenvalue weighted by molar-refractivity contribution is -0.137. The Bertz CT molecular complexity index is 576. The SMILES string of the molecule is CNCC(C)S(=O)(=O)Nc1cc(C(F)(F)F)ccc1Br. The second-order valence-electron chi connectivity index (χ2n) is 4.21. The molecule has 2 N–H and O–H groups in total. The van der Waals surface area contributed by atoms with E-state index in [4.69, 9.17) is 0 Å². The van der Waals surface area contributed by atoms with E-state index in [-0.39, 0.29) is 16.7 Å². The number of nitrogens with one attached hydrogen (secondary N) is 2. The molecule has 114 valence electrons. The van der Waals surface area contributed by atoms with Gasteiger partial charge in [0.05, 0.1) is 16.5 Å². The molecule has 0 radical (unpaired) electrons. The van der Waals surface area contributed by atoms with Gasteiger partial charge in [0.25, 0.3) is 0 Å². The summed E-state index contributed by atoms with van der Waals surface area (Å²) in [4.78, 5) is 0. The number of anilines is 1. The molecule has 1 unspecified atom stereocenters. The summed E-state index contributed by atoms with van der Waals surface area (Å²) in [5, 5.41) is 1.92. The standard InChI is InChI=1S/C11H14BrF3N2O2S/c1-7(6-16-2)20(18,19)17-10-5-8(11(13,14)15)3-4-9(10)12/h3-5,7,16-17H,6H2,1-2H3. The number of halogens is 4. The lowest BCUT2D eigenvalue weighted by Crippen LogP contribution is -2.33. The molecule has 1 rings (SSSR count). The Balaban J connectivity index is 3.09. The normalized spacial score (nSPS) is 14.1. The van der Waals surface area contributed by atoms with Crippen LogP contribution in [0.25, 0.3) is 0 Å². The van der Waals surface area contributed by atoms with Gasteiger partial charge in [0, 0.05) is 11.0 Å². The topological polar surface area (TPSA) is 58.2 Å². The first-order valence-corrected chi connectivity index (χ1v) is 7.95. The van der Waals surface area contributed by atoms with E-state index in [0.717, 1.165) is 18.2 Å². The molecule has 0 aliphatic carbocycles. The molecular formula is C11H14BrF3N2O2S. The van der Waals surface area contributed by atoms with Crippen molar-refractivity contribution in [1.82, 2.24) is 5.32 Å². The molecule has 0 bridgehead atoms. The first kappa shape index (κ1) is 17.3. The molecule has 1 aromatic rings. The summed E-state index contributed by atoms with van der Waals surface area (Å²) in [5.74, 6) is 0. The maximum atomic E-state index is 12.6. The predicted molar refractivity (Wildman–Crippen MR) is 75.1 cm³/mol. The summed E-state index contributed by atoms with van der Waals surface area (Å²) in [5.41, 5.74) is -1.05. The lowest BCUT2D eigenvalue weighted by atomic mass is 10.2. The van der Waals surface area contributed by atoms with E-state index in [1.165, 1.54) is 6.92 Å². The summed E-state index contributed by atoms with van der Waals surface area (Å²) in [6, 6.07) is 2.79. The smallest absolute Gasteiger partial charge is 0.318 e. The Morgan fingerprint density at radius 2 is 1.95 bits per heavy atom. The molecule has 0 aromatic heterocycles. The summed E-state index contributed by atoms with van der Waals surface area (Å²) >= 11 is 3.03. The third-order valence-corrected chi connectivity index (χ3v) is 4.99. The fourth-order valence-corrected chi connectivity index (χ4v) is 2.97. The van der Waals surface area contributed by atoms with Gasteiger partial charge in [0.1, 0.15) is 0 Å². The fraction of sp³-hybridized carbons (Fsp3) is 0.455. The Hall–Kier alpha value is -0.800. The highest BCUT2D eigenvalue weighted by Gasteiger charge is 2.31. The van der Waals surface area contributed by atoms with Crippen LogP contribution in [-0.2, 0) is 16.2 Å². The molecule has 9 heteroatoms. The van der Waals surface area contributed by atoms with E-state index in [1.807, 2.05) is 0 Å². The van der Waals surface area contributed by atoms with Crippen molar-refractivity contribution in [1.29, 1.82) is 0 Å².